The maximum Gasteiger partial charge on any atom is 0.239 e. The van der Waals surface area contributed by atoms with Gasteiger partial charge >= 0.3 is 0 Å². The molecule has 1 amide bonds. The third kappa shape index (κ3) is 5.11. The first-order chi connectivity index (χ1) is 9.10. The number of amides is 1. The third-order valence-electron chi connectivity index (χ3n) is 4.31. The molecule has 0 aromatic heterocycles. The van der Waals surface area contributed by atoms with Crippen LogP contribution in [0.2, 0.25) is 0 Å². The van der Waals surface area contributed by atoms with Gasteiger partial charge in [0, 0.05) is 32.2 Å². The molecule has 0 aromatic rings. The summed E-state index contributed by atoms with van der Waals surface area (Å²) >= 11 is 0. The van der Waals surface area contributed by atoms with Crippen molar-refractivity contribution < 1.29 is 4.79 Å². The molecule has 1 aliphatic rings. The van der Waals surface area contributed by atoms with Crippen LogP contribution in [0.3, 0.4) is 0 Å². The molecule has 4 nitrogen and oxygen atoms in total. The normalized spacial score (nSPS) is 17.9. The van der Waals surface area contributed by atoms with Crippen molar-refractivity contribution in [1.29, 1.82) is 0 Å². The molecule has 112 valence electrons. The first-order valence-electron chi connectivity index (χ1n) is 7.82. The van der Waals surface area contributed by atoms with E-state index < -0.39 is 0 Å². The molecule has 1 rings (SSSR count). The molecule has 0 spiro atoms. The van der Waals surface area contributed by atoms with Crippen LogP contribution >= 0.6 is 0 Å². The van der Waals surface area contributed by atoms with Gasteiger partial charge in [-0.1, -0.05) is 12.8 Å². The van der Waals surface area contributed by atoms with Crippen molar-refractivity contribution in [2.75, 3.05) is 33.2 Å². The first kappa shape index (κ1) is 16.4. The molecule has 0 radical (unpaired) electrons. The summed E-state index contributed by atoms with van der Waals surface area (Å²) in [6, 6.07) is 0.687. The van der Waals surface area contributed by atoms with E-state index in [-0.39, 0.29) is 11.9 Å². The third-order valence-corrected chi connectivity index (χ3v) is 4.31. The fraction of sp³-hybridized carbons (Fsp3) is 0.933. The Morgan fingerprint density at radius 3 is 2.37 bits per heavy atom. The summed E-state index contributed by atoms with van der Waals surface area (Å²) in [6.07, 6.45) is 5.42. The van der Waals surface area contributed by atoms with Crippen molar-refractivity contribution >= 4 is 5.91 Å². The summed E-state index contributed by atoms with van der Waals surface area (Å²) in [5, 5.41) is 3.35. The molecule has 0 bridgehead atoms. The smallest absolute Gasteiger partial charge is 0.239 e. The van der Waals surface area contributed by atoms with Gasteiger partial charge in [-0.25, -0.2) is 0 Å². The molecule has 0 aliphatic heterocycles. The van der Waals surface area contributed by atoms with Crippen molar-refractivity contribution in [3.05, 3.63) is 0 Å². The van der Waals surface area contributed by atoms with E-state index in [2.05, 4.69) is 17.3 Å². The van der Waals surface area contributed by atoms with Crippen LogP contribution in [0.25, 0.3) is 0 Å². The Morgan fingerprint density at radius 1 is 1.26 bits per heavy atom. The van der Waals surface area contributed by atoms with Crippen LogP contribution in [-0.2, 0) is 4.79 Å². The minimum atomic E-state index is -0.0723. The van der Waals surface area contributed by atoms with Gasteiger partial charge < -0.3 is 15.1 Å². The van der Waals surface area contributed by atoms with Crippen LogP contribution < -0.4 is 5.32 Å². The zero-order valence-corrected chi connectivity index (χ0v) is 13.1. The Morgan fingerprint density at radius 2 is 1.84 bits per heavy atom. The molecule has 1 saturated carbocycles. The fourth-order valence-electron chi connectivity index (χ4n) is 2.88. The lowest BCUT2D eigenvalue weighted by molar-refractivity contribution is -0.132. The standard InChI is InChI=1S/C15H31N3O/c1-5-18(6-2)15(19)13(3)16-11-12-17(4)14-9-7-8-10-14/h13-14,16H,5-12H2,1-4H3. The van der Waals surface area contributed by atoms with Gasteiger partial charge in [0.1, 0.15) is 0 Å². The molecule has 0 heterocycles. The van der Waals surface area contributed by atoms with E-state index in [4.69, 9.17) is 0 Å². The SMILES string of the molecule is CCN(CC)C(=O)C(C)NCCN(C)C1CCCC1. The van der Waals surface area contributed by atoms with Gasteiger partial charge in [0.05, 0.1) is 6.04 Å². The van der Waals surface area contributed by atoms with Crippen LogP contribution in [0.1, 0.15) is 46.5 Å². The Bertz CT molecular complexity index is 260. The molecule has 19 heavy (non-hydrogen) atoms. The molecule has 1 aliphatic carbocycles. The zero-order chi connectivity index (χ0) is 14.3. The Balaban J connectivity index is 2.22. The highest BCUT2D eigenvalue weighted by Gasteiger charge is 2.20. The summed E-state index contributed by atoms with van der Waals surface area (Å²) in [5.74, 6) is 0.216. The van der Waals surface area contributed by atoms with E-state index in [9.17, 15) is 4.79 Å². The number of carbonyl (C=O) groups excluding carboxylic acids is 1. The largest absolute Gasteiger partial charge is 0.342 e. The molecule has 0 aromatic carbocycles. The van der Waals surface area contributed by atoms with Crippen LogP contribution in [0.5, 0.6) is 0 Å². The number of nitrogens with zero attached hydrogens (tertiary/aromatic N) is 2. The molecule has 1 unspecified atom stereocenters. The number of rotatable bonds is 8. The highest BCUT2D eigenvalue weighted by molar-refractivity contribution is 5.81. The highest BCUT2D eigenvalue weighted by atomic mass is 16.2. The molecular weight excluding hydrogens is 238 g/mol. The van der Waals surface area contributed by atoms with Crippen LogP contribution in [0.15, 0.2) is 0 Å². The van der Waals surface area contributed by atoms with E-state index in [1.807, 2.05) is 25.7 Å². The van der Waals surface area contributed by atoms with Gasteiger partial charge in [-0.3, -0.25) is 4.79 Å². The maximum absolute atomic E-state index is 12.1. The van der Waals surface area contributed by atoms with Gasteiger partial charge in [0.25, 0.3) is 0 Å². The lowest BCUT2D eigenvalue weighted by atomic mass is 10.2. The van der Waals surface area contributed by atoms with Gasteiger partial charge in [-0.15, -0.1) is 0 Å². The summed E-state index contributed by atoms with van der Waals surface area (Å²) < 4.78 is 0. The molecule has 4 heteroatoms. The average Bonchev–Trinajstić information content (AvgIpc) is 2.93. The molecule has 0 saturated heterocycles. The summed E-state index contributed by atoms with van der Waals surface area (Å²) in [6.45, 7) is 9.54. The summed E-state index contributed by atoms with van der Waals surface area (Å²) in [4.78, 5) is 16.4. The Hall–Kier alpha value is -0.610. The van der Waals surface area contributed by atoms with E-state index in [1.165, 1.54) is 25.7 Å². The van der Waals surface area contributed by atoms with Gasteiger partial charge in [-0.2, -0.15) is 0 Å². The highest BCUT2D eigenvalue weighted by Crippen LogP contribution is 2.21. The van der Waals surface area contributed by atoms with E-state index in [0.717, 1.165) is 32.2 Å². The van der Waals surface area contributed by atoms with Gasteiger partial charge in [-0.05, 0) is 40.7 Å². The van der Waals surface area contributed by atoms with Crippen LogP contribution in [-0.4, -0.2) is 61.0 Å². The first-order valence-corrected chi connectivity index (χ1v) is 7.82. The second-order valence-corrected chi connectivity index (χ2v) is 5.61. The number of nitrogens with one attached hydrogen (secondary N) is 1. The minimum absolute atomic E-state index is 0.0723. The average molecular weight is 269 g/mol. The van der Waals surface area contributed by atoms with Crippen molar-refractivity contribution in [2.24, 2.45) is 0 Å². The molecule has 1 fully saturated rings. The quantitative estimate of drug-likeness (QED) is 0.728. The second kappa shape index (κ2) is 8.54. The summed E-state index contributed by atoms with van der Waals surface area (Å²) in [5.41, 5.74) is 0. The molecule has 1 atom stereocenters. The van der Waals surface area contributed by atoms with Crippen LogP contribution in [0.4, 0.5) is 0 Å². The van der Waals surface area contributed by atoms with E-state index in [1.54, 1.807) is 0 Å². The monoisotopic (exact) mass is 269 g/mol. The van der Waals surface area contributed by atoms with E-state index in [0.29, 0.717) is 0 Å². The van der Waals surface area contributed by atoms with Crippen molar-refractivity contribution in [3.8, 4) is 0 Å². The predicted molar refractivity (Wildman–Crippen MR) is 80.3 cm³/mol. The Labute approximate surface area is 118 Å². The topological polar surface area (TPSA) is 35.6 Å². The minimum Gasteiger partial charge on any atom is -0.342 e. The lowest BCUT2D eigenvalue weighted by Crippen LogP contribution is -2.47. The Kier molecular flexibility index (Phi) is 7.39. The number of hydrogen-bond donors (Lipinski definition) is 1. The van der Waals surface area contributed by atoms with Crippen molar-refractivity contribution in [2.45, 2.75) is 58.5 Å². The van der Waals surface area contributed by atoms with Crippen LogP contribution in [0, 0.1) is 0 Å². The summed E-state index contributed by atoms with van der Waals surface area (Å²) in [7, 11) is 2.20. The van der Waals surface area contributed by atoms with Crippen molar-refractivity contribution in [1.82, 2.24) is 15.1 Å². The molecule has 1 N–H and O–H groups in total. The van der Waals surface area contributed by atoms with Gasteiger partial charge in [0.15, 0.2) is 0 Å². The fourth-order valence-corrected chi connectivity index (χ4v) is 2.88. The van der Waals surface area contributed by atoms with E-state index >= 15 is 0 Å². The zero-order valence-electron chi connectivity index (χ0n) is 13.1. The van der Waals surface area contributed by atoms with Crippen molar-refractivity contribution in [3.63, 3.8) is 0 Å². The predicted octanol–water partition coefficient (Wildman–Crippen LogP) is 1.71. The van der Waals surface area contributed by atoms with Gasteiger partial charge in [0.2, 0.25) is 5.91 Å². The second-order valence-electron chi connectivity index (χ2n) is 5.61. The number of carbonyl (C=O) groups is 1. The maximum atomic E-state index is 12.1. The lowest BCUT2D eigenvalue weighted by Gasteiger charge is -2.26. The number of hydrogen-bond acceptors (Lipinski definition) is 3. The number of likely N-dealkylation sites (N-methyl/N-ethyl adjacent to an activating group) is 2. The molecular formula is C15H31N3O.